The summed E-state index contributed by atoms with van der Waals surface area (Å²) in [5.41, 5.74) is 0. The summed E-state index contributed by atoms with van der Waals surface area (Å²) in [5, 5.41) is 10.6. The predicted octanol–water partition coefficient (Wildman–Crippen LogP) is 20.2. The van der Waals surface area contributed by atoms with E-state index in [-0.39, 0.29) is 25.7 Å². The molecule has 0 aromatic carbocycles. The van der Waals surface area contributed by atoms with Crippen molar-refractivity contribution >= 4 is 39.5 Å². The van der Waals surface area contributed by atoms with Crippen LogP contribution in [0.2, 0.25) is 0 Å². The van der Waals surface area contributed by atoms with E-state index in [1.54, 1.807) is 0 Å². The molecule has 534 valence electrons. The third kappa shape index (κ3) is 63.5. The van der Waals surface area contributed by atoms with E-state index in [9.17, 15) is 43.2 Å². The molecule has 6 atom stereocenters. The fourth-order valence-electron chi connectivity index (χ4n) is 10.7. The molecule has 3 unspecified atom stereocenters. The molecule has 0 bridgehead atoms. The van der Waals surface area contributed by atoms with E-state index in [1.807, 2.05) is 0 Å². The Balaban J connectivity index is 5.22. The van der Waals surface area contributed by atoms with E-state index < -0.39 is 97.5 Å². The minimum atomic E-state index is -4.95. The lowest BCUT2D eigenvalue weighted by Gasteiger charge is -2.21. The highest BCUT2D eigenvalue weighted by Gasteiger charge is 2.30. The number of carbonyl (C=O) groups excluding carboxylic acids is 4. The molecule has 0 radical (unpaired) electrons. The van der Waals surface area contributed by atoms with Crippen LogP contribution in [-0.4, -0.2) is 96.7 Å². The Hall–Kier alpha value is -1.94. The first-order valence-electron chi connectivity index (χ1n) is 36.9. The van der Waals surface area contributed by atoms with Gasteiger partial charge in [-0.05, 0) is 43.4 Å². The first kappa shape index (κ1) is 88.1. The van der Waals surface area contributed by atoms with E-state index >= 15 is 0 Å². The summed E-state index contributed by atoms with van der Waals surface area (Å²) in [4.78, 5) is 72.5. The van der Waals surface area contributed by atoms with Gasteiger partial charge in [0.2, 0.25) is 0 Å². The lowest BCUT2D eigenvalue weighted by Crippen LogP contribution is -2.30. The average molecular weight is 1330 g/mol. The summed E-state index contributed by atoms with van der Waals surface area (Å²) in [5.74, 6) is 0.172. The van der Waals surface area contributed by atoms with Gasteiger partial charge in [-0.1, -0.05) is 305 Å². The van der Waals surface area contributed by atoms with Crippen LogP contribution in [0.5, 0.6) is 0 Å². The number of phosphoric acid groups is 2. The van der Waals surface area contributed by atoms with Crippen LogP contribution in [0.25, 0.3) is 0 Å². The fraction of sp³-hybridized carbons (Fsp3) is 0.944. The summed E-state index contributed by atoms with van der Waals surface area (Å²) in [6.45, 7) is 11.8. The Morgan fingerprint density at radius 3 is 0.844 bits per heavy atom. The highest BCUT2D eigenvalue weighted by molar-refractivity contribution is 7.47. The molecule has 3 N–H and O–H groups in total. The van der Waals surface area contributed by atoms with Gasteiger partial charge in [0.05, 0.1) is 26.4 Å². The number of ether oxygens (including phenoxy) is 4. The third-order valence-corrected chi connectivity index (χ3v) is 18.6. The first-order valence-corrected chi connectivity index (χ1v) is 39.9. The Morgan fingerprint density at radius 1 is 0.322 bits per heavy atom. The SMILES string of the molecule is CCCCCCCCCCCC(=O)OC[C@H](COP(=O)(O)OC[C@H](O)COP(=O)(O)OC[C@@H](COC(=O)CCCCCCCCCCCCC(C)C)OC(=O)CCCCCCCCCCCCCCCCC(C)CC)OC(=O)CCCCCCCCCC(C)C. The molecule has 0 rings (SSSR count). The molecule has 90 heavy (non-hydrogen) atoms. The molecule has 0 amide bonds. The summed E-state index contributed by atoms with van der Waals surface area (Å²) < 4.78 is 68.3. The third-order valence-electron chi connectivity index (χ3n) is 16.7. The maximum atomic E-state index is 13.0. The largest absolute Gasteiger partial charge is 0.472 e. The molecule has 0 aliphatic rings. The van der Waals surface area contributed by atoms with Gasteiger partial charge in [-0.25, -0.2) is 9.13 Å². The van der Waals surface area contributed by atoms with Gasteiger partial charge in [0, 0.05) is 25.7 Å². The minimum absolute atomic E-state index is 0.103. The number of esters is 4. The van der Waals surface area contributed by atoms with Crippen molar-refractivity contribution in [2.24, 2.45) is 17.8 Å². The van der Waals surface area contributed by atoms with Crippen molar-refractivity contribution in [1.82, 2.24) is 0 Å². The van der Waals surface area contributed by atoms with Crippen LogP contribution in [-0.2, 0) is 65.4 Å². The molecular weight excluding hydrogens is 1190 g/mol. The van der Waals surface area contributed by atoms with Crippen molar-refractivity contribution < 1.29 is 80.2 Å². The number of rotatable bonds is 69. The van der Waals surface area contributed by atoms with Gasteiger partial charge in [-0.15, -0.1) is 0 Å². The number of hydrogen-bond donors (Lipinski definition) is 3. The minimum Gasteiger partial charge on any atom is -0.462 e. The molecule has 19 heteroatoms. The topological polar surface area (TPSA) is 237 Å². The van der Waals surface area contributed by atoms with Crippen molar-refractivity contribution in [2.45, 2.75) is 375 Å². The van der Waals surface area contributed by atoms with Crippen LogP contribution < -0.4 is 0 Å². The Kier molecular flexibility index (Phi) is 60.6. The lowest BCUT2D eigenvalue weighted by atomic mass is 9.99. The standard InChI is InChI=1S/C71H138O17P2/c1-8-10-11-12-13-22-31-38-45-52-68(73)81-59-67(88-71(76)55-48-41-34-27-29-36-43-50-63(5)6)61-86-90(79,80)84-57-65(72)56-83-89(77,78)85-60-66(58-82-69(74)53-46-39-32-25-21-20-23-28-35-42-49-62(3)4)87-70(75)54-47-40-33-26-19-17-15-14-16-18-24-30-37-44-51-64(7)9-2/h62-67,72H,8-61H2,1-7H3,(H,77,78)(H,79,80)/t64?,65-,66-,67-/m1/s1. The van der Waals surface area contributed by atoms with E-state index in [4.69, 9.17) is 37.0 Å². The van der Waals surface area contributed by atoms with E-state index in [2.05, 4.69) is 48.5 Å². The highest BCUT2D eigenvalue weighted by Crippen LogP contribution is 2.45. The monoisotopic (exact) mass is 1320 g/mol. The van der Waals surface area contributed by atoms with Gasteiger partial charge in [0.25, 0.3) is 0 Å². The molecule has 0 aliphatic heterocycles. The number of phosphoric ester groups is 2. The second-order valence-corrected chi connectivity index (χ2v) is 29.7. The molecular formula is C71H138O17P2. The van der Waals surface area contributed by atoms with Crippen molar-refractivity contribution in [3.8, 4) is 0 Å². The van der Waals surface area contributed by atoms with Crippen LogP contribution in [0.4, 0.5) is 0 Å². The summed E-state index contributed by atoms with van der Waals surface area (Å²) in [6, 6.07) is 0. The zero-order valence-corrected chi connectivity index (χ0v) is 60.4. The second kappa shape index (κ2) is 61.9. The Bertz CT molecular complexity index is 1770. The Morgan fingerprint density at radius 2 is 0.567 bits per heavy atom. The van der Waals surface area contributed by atoms with Crippen LogP contribution >= 0.6 is 15.6 Å². The lowest BCUT2D eigenvalue weighted by molar-refractivity contribution is -0.161. The fourth-order valence-corrected chi connectivity index (χ4v) is 12.3. The average Bonchev–Trinajstić information content (AvgIpc) is 3.72. The summed E-state index contributed by atoms with van der Waals surface area (Å²) >= 11 is 0. The number of aliphatic hydroxyl groups is 1. The molecule has 0 saturated heterocycles. The zero-order chi connectivity index (χ0) is 66.6. The number of unbranched alkanes of at least 4 members (excludes halogenated alkanes) is 36. The van der Waals surface area contributed by atoms with E-state index in [0.29, 0.717) is 31.6 Å². The van der Waals surface area contributed by atoms with E-state index in [1.165, 1.54) is 167 Å². The summed E-state index contributed by atoms with van der Waals surface area (Å²) in [6.07, 6.45) is 45.9. The smallest absolute Gasteiger partial charge is 0.462 e. The number of hydrogen-bond acceptors (Lipinski definition) is 15. The number of aliphatic hydroxyl groups excluding tert-OH is 1. The molecule has 0 aliphatic carbocycles. The van der Waals surface area contributed by atoms with Crippen molar-refractivity contribution in [1.29, 1.82) is 0 Å². The van der Waals surface area contributed by atoms with Crippen LogP contribution in [0.1, 0.15) is 357 Å². The first-order chi connectivity index (χ1) is 43.3. The van der Waals surface area contributed by atoms with Crippen molar-refractivity contribution in [3.63, 3.8) is 0 Å². The second-order valence-electron chi connectivity index (χ2n) is 26.8. The van der Waals surface area contributed by atoms with Crippen LogP contribution in [0.3, 0.4) is 0 Å². The molecule has 0 aromatic heterocycles. The van der Waals surface area contributed by atoms with Crippen LogP contribution in [0.15, 0.2) is 0 Å². The zero-order valence-electron chi connectivity index (χ0n) is 58.6. The normalized spacial score (nSPS) is 14.5. The van der Waals surface area contributed by atoms with E-state index in [0.717, 1.165) is 102 Å². The number of carbonyl (C=O) groups is 4. The van der Waals surface area contributed by atoms with Crippen LogP contribution in [0, 0.1) is 17.8 Å². The van der Waals surface area contributed by atoms with Gasteiger partial charge in [-0.2, -0.15) is 0 Å². The quantitative estimate of drug-likeness (QED) is 0.0222. The van der Waals surface area contributed by atoms with Gasteiger partial charge in [0.15, 0.2) is 12.2 Å². The molecule has 17 nitrogen and oxygen atoms in total. The molecule has 0 heterocycles. The summed E-state index contributed by atoms with van der Waals surface area (Å²) in [7, 11) is -9.90. The molecule has 0 saturated carbocycles. The Labute approximate surface area is 549 Å². The maximum absolute atomic E-state index is 13.0. The van der Waals surface area contributed by atoms with Gasteiger partial charge in [0.1, 0.15) is 19.3 Å². The van der Waals surface area contributed by atoms with Gasteiger partial charge >= 0.3 is 39.5 Å². The predicted molar refractivity (Wildman–Crippen MR) is 363 cm³/mol. The molecule has 0 fully saturated rings. The maximum Gasteiger partial charge on any atom is 0.472 e. The van der Waals surface area contributed by atoms with Gasteiger partial charge < -0.3 is 33.8 Å². The van der Waals surface area contributed by atoms with Crippen molar-refractivity contribution in [3.05, 3.63) is 0 Å². The van der Waals surface area contributed by atoms with Gasteiger partial charge in [-0.3, -0.25) is 37.3 Å². The van der Waals surface area contributed by atoms with Crippen molar-refractivity contribution in [2.75, 3.05) is 39.6 Å². The molecule has 0 spiro atoms. The molecule has 0 aromatic rings. The highest BCUT2D eigenvalue weighted by atomic mass is 31.2.